The van der Waals surface area contributed by atoms with Crippen molar-refractivity contribution in [2.75, 3.05) is 13.2 Å². The largest absolute Gasteiger partial charge is 0.484 e. The first-order chi connectivity index (χ1) is 9.79. The maximum Gasteiger partial charge on any atom is 0.258 e. The molecule has 0 spiro atoms. The maximum atomic E-state index is 11.9. The fourth-order valence-corrected chi connectivity index (χ4v) is 2.82. The van der Waals surface area contributed by atoms with Gasteiger partial charge in [-0.15, -0.1) is 0 Å². The number of para-hydroxylation sites is 1. The number of hydrogen-bond acceptors (Lipinski definition) is 3. The molecule has 1 fully saturated rings. The summed E-state index contributed by atoms with van der Waals surface area (Å²) in [6.45, 7) is 0.551. The summed E-state index contributed by atoms with van der Waals surface area (Å²) in [5.41, 5.74) is 5.80. The first-order valence-corrected chi connectivity index (χ1v) is 7.47. The Morgan fingerprint density at radius 2 is 1.95 bits per heavy atom. The lowest BCUT2D eigenvalue weighted by Crippen LogP contribution is -2.47. The van der Waals surface area contributed by atoms with Crippen LogP contribution in [0.2, 0.25) is 0 Å². The molecule has 1 aliphatic carbocycles. The van der Waals surface area contributed by atoms with Crippen LogP contribution in [0.5, 0.6) is 5.75 Å². The molecule has 4 nitrogen and oxygen atoms in total. The summed E-state index contributed by atoms with van der Waals surface area (Å²) in [5, 5.41) is 3.02. The zero-order chi connectivity index (χ0) is 14.2. The van der Waals surface area contributed by atoms with Gasteiger partial charge in [0.05, 0.1) is 0 Å². The number of rotatable bonds is 6. The molecule has 0 radical (unpaired) electrons. The zero-order valence-electron chi connectivity index (χ0n) is 11.9. The van der Waals surface area contributed by atoms with E-state index in [0.717, 1.165) is 0 Å². The molecule has 110 valence electrons. The van der Waals surface area contributed by atoms with Crippen molar-refractivity contribution in [3.8, 4) is 5.75 Å². The molecule has 1 aromatic rings. The van der Waals surface area contributed by atoms with Crippen molar-refractivity contribution in [1.82, 2.24) is 5.32 Å². The Labute approximate surface area is 120 Å². The summed E-state index contributed by atoms with van der Waals surface area (Å²) < 4.78 is 5.45. The second-order valence-electron chi connectivity index (χ2n) is 5.41. The van der Waals surface area contributed by atoms with Gasteiger partial charge < -0.3 is 15.8 Å². The lowest BCUT2D eigenvalue weighted by atomic mass is 9.84. The van der Waals surface area contributed by atoms with Crippen molar-refractivity contribution >= 4 is 5.91 Å². The normalized spacial score (nSPS) is 17.4. The smallest absolute Gasteiger partial charge is 0.258 e. The lowest BCUT2D eigenvalue weighted by molar-refractivity contribution is -0.124. The van der Waals surface area contributed by atoms with Crippen LogP contribution in [0.1, 0.15) is 32.1 Å². The molecule has 0 aliphatic heterocycles. The summed E-state index contributed by atoms with van der Waals surface area (Å²) in [4.78, 5) is 11.9. The molecule has 2 rings (SSSR count). The van der Waals surface area contributed by atoms with Gasteiger partial charge in [-0.1, -0.05) is 37.5 Å². The highest BCUT2D eigenvalue weighted by Crippen LogP contribution is 2.26. The lowest BCUT2D eigenvalue weighted by Gasteiger charge is -2.30. The molecule has 0 heterocycles. The number of carbonyl (C=O) groups excluding carboxylic acids is 1. The average Bonchev–Trinajstić information content (AvgIpc) is 2.52. The zero-order valence-corrected chi connectivity index (χ0v) is 11.9. The summed E-state index contributed by atoms with van der Waals surface area (Å²) >= 11 is 0. The van der Waals surface area contributed by atoms with Crippen LogP contribution in [-0.4, -0.2) is 25.1 Å². The van der Waals surface area contributed by atoms with Crippen molar-refractivity contribution in [3.05, 3.63) is 30.3 Å². The Morgan fingerprint density at radius 1 is 1.25 bits per heavy atom. The number of amides is 1. The van der Waals surface area contributed by atoms with Gasteiger partial charge in [-0.3, -0.25) is 4.79 Å². The van der Waals surface area contributed by atoms with Crippen LogP contribution in [0.4, 0.5) is 0 Å². The Hall–Kier alpha value is -1.55. The summed E-state index contributed by atoms with van der Waals surface area (Å²) in [6.07, 6.45) is 6.14. The van der Waals surface area contributed by atoms with Crippen LogP contribution in [0, 0.1) is 5.92 Å². The fourth-order valence-electron chi connectivity index (χ4n) is 2.82. The van der Waals surface area contributed by atoms with E-state index in [1.807, 2.05) is 30.3 Å². The predicted molar refractivity (Wildman–Crippen MR) is 79.5 cm³/mol. The van der Waals surface area contributed by atoms with E-state index < -0.39 is 0 Å². The van der Waals surface area contributed by atoms with Crippen LogP contribution in [0.15, 0.2) is 30.3 Å². The molecule has 1 aliphatic rings. The summed E-state index contributed by atoms with van der Waals surface area (Å²) in [6, 6.07) is 9.46. The molecule has 3 N–H and O–H groups in total. The number of nitrogens with two attached hydrogens (primary N) is 1. The summed E-state index contributed by atoms with van der Waals surface area (Å²) in [7, 11) is 0. The van der Waals surface area contributed by atoms with Gasteiger partial charge in [0.2, 0.25) is 0 Å². The molecule has 0 saturated heterocycles. The van der Waals surface area contributed by atoms with Gasteiger partial charge in [-0.2, -0.15) is 0 Å². The van der Waals surface area contributed by atoms with Gasteiger partial charge in [0.25, 0.3) is 5.91 Å². The third-order valence-electron chi connectivity index (χ3n) is 3.93. The minimum atomic E-state index is -0.0881. The first kappa shape index (κ1) is 14.9. The highest BCUT2D eigenvalue weighted by atomic mass is 16.5. The third-order valence-corrected chi connectivity index (χ3v) is 3.93. The van der Waals surface area contributed by atoms with Crippen LogP contribution < -0.4 is 15.8 Å². The van der Waals surface area contributed by atoms with Gasteiger partial charge >= 0.3 is 0 Å². The Kier molecular flexibility index (Phi) is 5.87. The van der Waals surface area contributed by atoms with Crippen molar-refractivity contribution in [2.24, 2.45) is 11.7 Å². The fraction of sp³-hybridized carbons (Fsp3) is 0.562. The molecule has 0 aromatic heterocycles. The van der Waals surface area contributed by atoms with Gasteiger partial charge in [-0.05, 0) is 30.9 Å². The molecule has 0 bridgehead atoms. The number of carbonyl (C=O) groups is 1. The van der Waals surface area contributed by atoms with E-state index in [1.54, 1.807) is 0 Å². The molecule has 1 atom stereocenters. The highest BCUT2D eigenvalue weighted by molar-refractivity contribution is 5.77. The second kappa shape index (κ2) is 7.90. The van der Waals surface area contributed by atoms with E-state index in [4.69, 9.17) is 10.5 Å². The molecular weight excluding hydrogens is 252 g/mol. The Bertz CT molecular complexity index is 402. The maximum absolute atomic E-state index is 11.9. The molecule has 1 amide bonds. The highest BCUT2D eigenvalue weighted by Gasteiger charge is 2.23. The van der Waals surface area contributed by atoms with Gasteiger partial charge in [-0.25, -0.2) is 0 Å². The van der Waals surface area contributed by atoms with E-state index in [9.17, 15) is 4.79 Å². The predicted octanol–water partition coefficient (Wildman–Crippen LogP) is 2.09. The van der Waals surface area contributed by atoms with Crippen molar-refractivity contribution in [2.45, 2.75) is 38.1 Å². The number of hydrogen-bond donors (Lipinski definition) is 2. The van der Waals surface area contributed by atoms with E-state index in [2.05, 4.69) is 5.32 Å². The molecule has 4 heteroatoms. The van der Waals surface area contributed by atoms with Crippen LogP contribution in [0.3, 0.4) is 0 Å². The first-order valence-electron chi connectivity index (χ1n) is 7.47. The van der Waals surface area contributed by atoms with Crippen LogP contribution in [-0.2, 0) is 4.79 Å². The number of benzene rings is 1. The third kappa shape index (κ3) is 4.53. The minimum absolute atomic E-state index is 0.0488. The van der Waals surface area contributed by atoms with Crippen molar-refractivity contribution in [1.29, 1.82) is 0 Å². The van der Waals surface area contributed by atoms with E-state index in [0.29, 0.717) is 18.2 Å². The number of ether oxygens (including phenoxy) is 1. The SMILES string of the molecule is NCC(NC(=O)COc1ccccc1)C1CCCCC1. The van der Waals surface area contributed by atoms with E-state index in [1.165, 1.54) is 32.1 Å². The van der Waals surface area contributed by atoms with E-state index in [-0.39, 0.29) is 18.6 Å². The number of nitrogens with one attached hydrogen (secondary N) is 1. The van der Waals surface area contributed by atoms with Crippen molar-refractivity contribution in [3.63, 3.8) is 0 Å². The van der Waals surface area contributed by atoms with Crippen LogP contribution in [0.25, 0.3) is 0 Å². The van der Waals surface area contributed by atoms with E-state index >= 15 is 0 Å². The Morgan fingerprint density at radius 3 is 2.60 bits per heavy atom. The van der Waals surface area contributed by atoms with Crippen molar-refractivity contribution < 1.29 is 9.53 Å². The molecule has 20 heavy (non-hydrogen) atoms. The minimum Gasteiger partial charge on any atom is -0.484 e. The average molecular weight is 276 g/mol. The van der Waals surface area contributed by atoms with Gasteiger partial charge in [0, 0.05) is 12.6 Å². The topological polar surface area (TPSA) is 64.3 Å². The van der Waals surface area contributed by atoms with Gasteiger partial charge in [0.1, 0.15) is 5.75 Å². The molecule has 1 unspecified atom stereocenters. The second-order valence-corrected chi connectivity index (χ2v) is 5.41. The molecule has 1 saturated carbocycles. The monoisotopic (exact) mass is 276 g/mol. The molecular formula is C16H24N2O2. The van der Waals surface area contributed by atoms with Crippen LogP contribution >= 0.6 is 0 Å². The van der Waals surface area contributed by atoms with Gasteiger partial charge in [0.15, 0.2) is 6.61 Å². The molecule has 1 aromatic carbocycles. The Balaban J connectivity index is 1.77. The quantitative estimate of drug-likeness (QED) is 0.836. The summed E-state index contributed by atoms with van der Waals surface area (Å²) in [5.74, 6) is 1.15. The standard InChI is InChI=1S/C16H24N2O2/c17-11-15(13-7-3-1-4-8-13)18-16(19)12-20-14-9-5-2-6-10-14/h2,5-6,9-10,13,15H,1,3-4,7-8,11-12,17H2,(H,18,19).